The van der Waals surface area contributed by atoms with E-state index in [2.05, 4.69) is 25.8 Å². The largest absolute Gasteiger partial charge is 0.503 e. The van der Waals surface area contributed by atoms with Crippen molar-refractivity contribution in [3.8, 4) is 0 Å². The maximum Gasteiger partial charge on any atom is 0.294 e. The van der Waals surface area contributed by atoms with Gasteiger partial charge >= 0.3 is 0 Å². The summed E-state index contributed by atoms with van der Waals surface area (Å²) in [6, 6.07) is 16.3. The summed E-state index contributed by atoms with van der Waals surface area (Å²) in [7, 11) is 0. The van der Waals surface area contributed by atoms with Crippen molar-refractivity contribution >= 4 is 28.7 Å². The summed E-state index contributed by atoms with van der Waals surface area (Å²) in [5.41, 5.74) is 3.19. The summed E-state index contributed by atoms with van der Waals surface area (Å²) in [5, 5.41) is 11.7. The van der Waals surface area contributed by atoms with Gasteiger partial charge in [-0.2, -0.15) is 0 Å². The first-order valence-corrected chi connectivity index (χ1v) is 11.3. The smallest absolute Gasteiger partial charge is 0.294 e. The van der Waals surface area contributed by atoms with Crippen molar-refractivity contribution in [2.45, 2.75) is 46.1 Å². The molecule has 3 aromatic rings. The molecule has 0 radical (unpaired) electrons. The Balaban J connectivity index is 1.87. The van der Waals surface area contributed by atoms with E-state index in [1.165, 1.54) is 16.2 Å². The fourth-order valence-electron chi connectivity index (χ4n) is 4.04. The maximum atomic E-state index is 13.6. The van der Waals surface area contributed by atoms with Gasteiger partial charge in [0.05, 0.1) is 27.2 Å². The predicted molar refractivity (Wildman–Crippen MR) is 127 cm³/mol. The first kappa shape index (κ1) is 22.0. The molecule has 4 rings (SSSR count). The number of aromatic nitrogens is 1. The number of aliphatic hydroxyl groups is 1. The number of anilines is 1. The molecule has 6 heteroatoms. The molecule has 1 aliphatic heterocycles. The molecule has 1 aromatic heterocycles. The minimum atomic E-state index is -0.728. The Morgan fingerprint density at radius 3 is 2.19 bits per heavy atom. The van der Waals surface area contributed by atoms with Gasteiger partial charge in [0.25, 0.3) is 5.91 Å². The number of Topliss-reactive ketones (excluding diaryl/α,β-unsaturated/α-hetero) is 1. The van der Waals surface area contributed by atoms with Gasteiger partial charge < -0.3 is 5.11 Å². The molecule has 0 saturated carbocycles. The highest BCUT2D eigenvalue weighted by atomic mass is 32.1. The average Bonchev–Trinajstić information content (AvgIpc) is 3.23. The number of hydrogen-bond acceptors (Lipinski definition) is 5. The van der Waals surface area contributed by atoms with Gasteiger partial charge in [0.2, 0.25) is 5.78 Å². The number of para-hydroxylation sites is 1. The third kappa shape index (κ3) is 3.75. The summed E-state index contributed by atoms with van der Waals surface area (Å²) >= 11 is 1.28. The standard InChI is InChI=1S/C26H26N2O3S/c1-15-24(32-16(2)27-15)22(29)20-21(17-11-13-18(14-12-17)26(3,4)5)28(25(31)23(20)30)19-9-7-6-8-10-19/h6-14,21,30H,1-5H3. The van der Waals surface area contributed by atoms with E-state index in [-0.39, 0.29) is 16.8 Å². The van der Waals surface area contributed by atoms with Crippen molar-refractivity contribution in [2.24, 2.45) is 0 Å². The van der Waals surface area contributed by atoms with Crippen LogP contribution in [0.15, 0.2) is 65.9 Å². The first-order chi connectivity index (χ1) is 15.1. The molecule has 0 bridgehead atoms. The van der Waals surface area contributed by atoms with E-state index >= 15 is 0 Å². The summed E-state index contributed by atoms with van der Waals surface area (Å²) in [5.74, 6) is -1.44. The van der Waals surface area contributed by atoms with Gasteiger partial charge in [-0.1, -0.05) is 63.2 Å². The fraction of sp³-hybridized carbons (Fsp3) is 0.269. The van der Waals surface area contributed by atoms with E-state index in [0.717, 1.165) is 16.1 Å². The lowest BCUT2D eigenvalue weighted by Crippen LogP contribution is -2.31. The van der Waals surface area contributed by atoms with Crippen LogP contribution < -0.4 is 4.90 Å². The fourth-order valence-corrected chi connectivity index (χ4v) is 4.91. The highest BCUT2D eigenvalue weighted by molar-refractivity contribution is 7.14. The van der Waals surface area contributed by atoms with Crippen LogP contribution in [0.3, 0.4) is 0 Å². The highest BCUT2D eigenvalue weighted by Gasteiger charge is 2.45. The summed E-state index contributed by atoms with van der Waals surface area (Å²) < 4.78 is 0. The second-order valence-electron chi connectivity index (χ2n) is 9.02. The minimum Gasteiger partial charge on any atom is -0.503 e. The van der Waals surface area contributed by atoms with E-state index in [1.807, 2.05) is 49.4 Å². The molecule has 2 heterocycles. The molecule has 32 heavy (non-hydrogen) atoms. The predicted octanol–water partition coefficient (Wildman–Crippen LogP) is 5.84. The van der Waals surface area contributed by atoms with Crippen molar-refractivity contribution in [2.75, 3.05) is 4.90 Å². The van der Waals surface area contributed by atoms with Crippen LogP contribution in [0.5, 0.6) is 0 Å². The van der Waals surface area contributed by atoms with Gasteiger partial charge in [-0.05, 0) is 42.5 Å². The number of aryl methyl sites for hydroxylation is 2. The van der Waals surface area contributed by atoms with Crippen LogP contribution in [0.1, 0.15) is 58.3 Å². The normalized spacial score (nSPS) is 16.7. The van der Waals surface area contributed by atoms with Crippen LogP contribution in [0.25, 0.3) is 0 Å². The van der Waals surface area contributed by atoms with E-state index < -0.39 is 17.7 Å². The zero-order valence-corrected chi connectivity index (χ0v) is 19.7. The number of benzene rings is 2. The average molecular weight is 447 g/mol. The number of hydrogen-bond donors (Lipinski definition) is 1. The van der Waals surface area contributed by atoms with Crippen molar-refractivity contribution in [3.05, 3.63) is 92.6 Å². The molecule has 0 saturated heterocycles. The van der Waals surface area contributed by atoms with Crippen LogP contribution >= 0.6 is 11.3 Å². The second kappa shape index (κ2) is 8.02. The summed E-state index contributed by atoms with van der Waals surface area (Å²) in [6.45, 7) is 10.0. The molecule has 1 N–H and O–H groups in total. The quantitative estimate of drug-likeness (QED) is 0.511. The van der Waals surface area contributed by atoms with Crippen molar-refractivity contribution in [3.63, 3.8) is 0 Å². The van der Waals surface area contributed by atoms with Crippen LogP contribution in [0, 0.1) is 13.8 Å². The topological polar surface area (TPSA) is 70.5 Å². The van der Waals surface area contributed by atoms with Gasteiger partial charge in [-0.3, -0.25) is 14.5 Å². The monoisotopic (exact) mass is 446 g/mol. The van der Waals surface area contributed by atoms with Gasteiger partial charge in [0.1, 0.15) is 0 Å². The zero-order valence-electron chi connectivity index (χ0n) is 18.8. The molecular weight excluding hydrogens is 420 g/mol. The van der Waals surface area contributed by atoms with Gasteiger partial charge in [-0.15, -0.1) is 11.3 Å². The van der Waals surface area contributed by atoms with Crippen LogP contribution in [0.2, 0.25) is 0 Å². The molecule has 5 nitrogen and oxygen atoms in total. The van der Waals surface area contributed by atoms with Crippen molar-refractivity contribution < 1.29 is 14.7 Å². The zero-order chi connectivity index (χ0) is 23.2. The Morgan fingerprint density at radius 2 is 1.66 bits per heavy atom. The van der Waals surface area contributed by atoms with E-state index in [1.54, 1.807) is 19.1 Å². The number of amides is 1. The third-order valence-corrected chi connectivity index (χ3v) is 6.76. The Hall–Kier alpha value is -3.25. The lowest BCUT2D eigenvalue weighted by Gasteiger charge is -2.27. The number of carbonyl (C=O) groups excluding carboxylic acids is 2. The van der Waals surface area contributed by atoms with E-state index in [9.17, 15) is 14.7 Å². The van der Waals surface area contributed by atoms with Crippen molar-refractivity contribution in [1.29, 1.82) is 0 Å². The van der Waals surface area contributed by atoms with E-state index in [4.69, 9.17) is 0 Å². The number of aliphatic hydroxyl groups excluding tert-OH is 1. The Morgan fingerprint density at radius 1 is 1.03 bits per heavy atom. The number of carbonyl (C=O) groups is 2. The Bertz CT molecular complexity index is 1220. The Labute approximate surface area is 192 Å². The Kier molecular flexibility index (Phi) is 5.51. The molecule has 1 amide bonds. The molecule has 1 aliphatic rings. The molecule has 164 valence electrons. The molecule has 0 spiro atoms. The molecule has 1 atom stereocenters. The maximum absolute atomic E-state index is 13.6. The number of nitrogens with zero attached hydrogens (tertiary/aromatic N) is 2. The number of ketones is 1. The van der Waals surface area contributed by atoms with Crippen LogP contribution in [-0.4, -0.2) is 21.8 Å². The highest BCUT2D eigenvalue weighted by Crippen LogP contribution is 2.43. The number of rotatable bonds is 4. The summed E-state index contributed by atoms with van der Waals surface area (Å²) in [6.07, 6.45) is 0. The lowest BCUT2D eigenvalue weighted by atomic mass is 9.85. The van der Waals surface area contributed by atoms with Gasteiger partial charge in [-0.25, -0.2) is 4.98 Å². The van der Waals surface area contributed by atoms with E-state index in [0.29, 0.717) is 16.3 Å². The summed E-state index contributed by atoms with van der Waals surface area (Å²) in [4.78, 5) is 33.1. The second-order valence-corrected chi connectivity index (χ2v) is 10.2. The third-order valence-electron chi connectivity index (χ3n) is 5.69. The van der Waals surface area contributed by atoms with Gasteiger partial charge in [0, 0.05) is 5.69 Å². The minimum absolute atomic E-state index is 0.0307. The van der Waals surface area contributed by atoms with Gasteiger partial charge in [0.15, 0.2) is 5.76 Å². The number of thiazole rings is 1. The molecular formula is C26H26N2O3S. The van der Waals surface area contributed by atoms with Crippen LogP contribution in [0.4, 0.5) is 5.69 Å². The molecule has 0 aliphatic carbocycles. The molecule has 0 fully saturated rings. The van der Waals surface area contributed by atoms with Crippen molar-refractivity contribution in [1.82, 2.24) is 4.98 Å². The SMILES string of the molecule is Cc1nc(C)c(C(=O)C2=C(O)C(=O)N(c3ccccc3)C2c2ccc(C(C)(C)C)cc2)s1. The first-order valence-electron chi connectivity index (χ1n) is 10.5. The van der Waals surface area contributed by atoms with Crippen LogP contribution in [-0.2, 0) is 10.2 Å². The lowest BCUT2D eigenvalue weighted by molar-refractivity contribution is -0.117. The molecule has 2 aromatic carbocycles. The molecule has 1 unspecified atom stereocenters.